The fourth-order valence-corrected chi connectivity index (χ4v) is 4.03. The summed E-state index contributed by atoms with van der Waals surface area (Å²) in [7, 11) is 0. The summed E-state index contributed by atoms with van der Waals surface area (Å²) in [4.78, 5) is 7.07. The van der Waals surface area contributed by atoms with Crippen molar-refractivity contribution in [2.75, 3.05) is 13.1 Å². The van der Waals surface area contributed by atoms with E-state index in [0.717, 1.165) is 30.1 Å². The topological polar surface area (TPSA) is 42.2 Å². The average Bonchev–Trinajstić information content (AvgIpc) is 3.06. The van der Waals surface area contributed by atoms with Gasteiger partial charge in [0.2, 0.25) is 5.89 Å². The molecule has 4 nitrogen and oxygen atoms in total. The number of aromatic nitrogens is 2. The monoisotopic (exact) mass is 275 g/mol. The molecule has 4 rings (SSSR count). The molecule has 1 aliphatic heterocycles. The van der Waals surface area contributed by atoms with E-state index >= 15 is 0 Å². The van der Waals surface area contributed by atoms with Crippen LogP contribution in [0.2, 0.25) is 0 Å². The lowest BCUT2D eigenvalue weighted by atomic mass is 9.80. The Morgan fingerprint density at radius 3 is 2.65 bits per heavy atom. The van der Waals surface area contributed by atoms with Gasteiger partial charge >= 0.3 is 0 Å². The van der Waals surface area contributed by atoms with E-state index in [-0.39, 0.29) is 0 Å². The first-order valence-electron chi connectivity index (χ1n) is 8.43. The van der Waals surface area contributed by atoms with Crippen molar-refractivity contribution < 1.29 is 4.52 Å². The number of likely N-dealkylation sites (tertiary alicyclic amines) is 1. The second kappa shape index (κ2) is 5.47. The molecule has 2 heterocycles. The standard InChI is InChI=1S/C16H25N3O/c1-2-4-12(5-3-1)14-8-9-19(10-14)11-15-17-16(18-20-15)13-6-7-13/h12-14H,1-11H2. The molecule has 3 fully saturated rings. The first-order valence-corrected chi connectivity index (χ1v) is 8.43. The highest BCUT2D eigenvalue weighted by molar-refractivity contribution is 5.03. The van der Waals surface area contributed by atoms with Gasteiger partial charge in [-0.05, 0) is 37.6 Å². The van der Waals surface area contributed by atoms with E-state index in [1.807, 2.05) is 0 Å². The fraction of sp³-hybridized carbons (Fsp3) is 0.875. The first kappa shape index (κ1) is 12.8. The predicted octanol–water partition coefficient (Wildman–Crippen LogP) is 3.35. The van der Waals surface area contributed by atoms with Crippen molar-refractivity contribution in [1.29, 1.82) is 0 Å². The summed E-state index contributed by atoms with van der Waals surface area (Å²) in [6, 6.07) is 0. The zero-order chi connectivity index (χ0) is 13.4. The average molecular weight is 275 g/mol. The normalized spacial score (nSPS) is 29.1. The van der Waals surface area contributed by atoms with Gasteiger partial charge in [-0.2, -0.15) is 4.98 Å². The summed E-state index contributed by atoms with van der Waals surface area (Å²) < 4.78 is 5.41. The van der Waals surface area contributed by atoms with Crippen LogP contribution in [0.5, 0.6) is 0 Å². The number of nitrogens with zero attached hydrogens (tertiary/aromatic N) is 3. The summed E-state index contributed by atoms with van der Waals surface area (Å²) in [5.41, 5.74) is 0. The van der Waals surface area contributed by atoms with Gasteiger partial charge in [-0.25, -0.2) is 0 Å². The molecule has 0 bridgehead atoms. The Balaban J connectivity index is 1.31. The first-order chi connectivity index (χ1) is 9.88. The molecule has 0 amide bonds. The van der Waals surface area contributed by atoms with Crippen molar-refractivity contribution in [3.05, 3.63) is 11.7 Å². The Labute approximate surface area is 120 Å². The number of hydrogen-bond acceptors (Lipinski definition) is 4. The summed E-state index contributed by atoms with van der Waals surface area (Å²) >= 11 is 0. The zero-order valence-electron chi connectivity index (χ0n) is 12.3. The van der Waals surface area contributed by atoms with Crippen LogP contribution >= 0.6 is 0 Å². The van der Waals surface area contributed by atoms with Gasteiger partial charge in [-0.1, -0.05) is 37.3 Å². The SMILES string of the molecule is C1CCC(C2CCN(Cc3nc(C4CC4)no3)C2)CC1. The highest BCUT2D eigenvalue weighted by atomic mass is 16.5. The Bertz CT molecular complexity index is 448. The van der Waals surface area contributed by atoms with Crippen LogP contribution in [0.3, 0.4) is 0 Å². The summed E-state index contributed by atoms with van der Waals surface area (Å²) in [5, 5.41) is 4.12. The highest BCUT2D eigenvalue weighted by Crippen LogP contribution is 2.38. The number of hydrogen-bond donors (Lipinski definition) is 0. The molecule has 0 N–H and O–H groups in total. The van der Waals surface area contributed by atoms with Crippen molar-refractivity contribution in [3.8, 4) is 0 Å². The van der Waals surface area contributed by atoms with Gasteiger partial charge in [0.25, 0.3) is 0 Å². The van der Waals surface area contributed by atoms with Crippen molar-refractivity contribution in [3.63, 3.8) is 0 Å². The molecule has 0 aromatic carbocycles. The zero-order valence-corrected chi connectivity index (χ0v) is 12.3. The molecular formula is C16H25N3O. The van der Waals surface area contributed by atoms with E-state index in [4.69, 9.17) is 4.52 Å². The Morgan fingerprint density at radius 2 is 1.85 bits per heavy atom. The summed E-state index contributed by atoms with van der Waals surface area (Å²) in [6.07, 6.45) is 11.1. The van der Waals surface area contributed by atoms with Crippen LogP contribution in [0, 0.1) is 11.8 Å². The second-order valence-corrected chi connectivity index (χ2v) is 7.00. The van der Waals surface area contributed by atoms with Gasteiger partial charge in [0.1, 0.15) is 0 Å². The van der Waals surface area contributed by atoms with Gasteiger partial charge in [0, 0.05) is 12.5 Å². The second-order valence-electron chi connectivity index (χ2n) is 7.00. The molecule has 1 unspecified atom stereocenters. The molecule has 1 aromatic heterocycles. The molecule has 1 saturated heterocycles. The van der Waals surface area contributed by atoms with Gasteiger partial charge in [-0.3, -0.25) is 4.90 Å². The van der Waals surface area contributed by atoms with E-state index in [2.05, 4.69) is 15.0 Å². The molecule has 110 valence electrons. The van der Waals surface area contributed by atoms with Crippen LogP contribution in [-0.2, 0) is 6.54 Å². The van der Waals surface area contributed by atoms with Crippen molar-refractivity contribution >= 4 is 0 Å². The lowest BCUT2D eigenvalue weighted by molar-refractivity contribution is 0.220. The van der Waals surface area contributed by atoms with Crippen LogP contribution in [0.1, 0.15) is 69.0 Å². The van der Waals surface area contributed by atoms with E-state index in [0.29, 0.717) is 5.92 Å². The summed E-state index contributed by atoms with van der Waals surface area (Å²) in [6.45, 7) is 3.32. The van der Waals surface area contributed by atoms with Crippen molar-refractivity contribution in [2.45, 2.75) is 63.8 Å². The largest absolute Gasteiger partial charge is 0.338 e. The molecule has 20 heavy (non-hydrogen) atoms. The minimum absolute atomic E-state index is 0.598. The lowest BCUT2D eigenvalue weighted by Crippen LogP contribution is -2.24. The van der Waals surface area contributed by atoms with E-state index < -0.39 is 0 Å². The smallest absolute Gasteiger partial charge is 0.240 e. The fourth-order valence-electron chi connectivity index (χ4n) is 4.03. The molecule has 0 spiro atoms. The third-order valence-electron chi connectivity index (χ3n) is 5.41. The van der Waals surface area contributed by atoms with Crippen LogP contribution in [0.15, 0.2) is 4.52 Å². The minimum Gasteiger partial charge on any atom is -0.338 e. The molecule has 1 atom stereocenters. The molecule has 2 saturated carbocycles. The Kier molecular flexibility index (Phi) is 3.51. The molecule has 3 aliphatic rings. The third kappa shape index (κ3) is 2.76. The molecule has 4 heteroatoms. The van der Waals surface area contributed by atoms with Crippen LogP contribution in [0.25, 0.3) is 0 Å². The Morgan fingerprint density at radius 1 is 1.00 bits per heavy atom. The van der Waals surface area contributed by atoms with Crippen molar-refractivity contribution in [1.82, 2.24) is 15.0 Å². The van der Waals surface area contributed by atoms with Crippen molar-refractivity contribution in [2.24, 2.45) is 11.8 Å². The maximum atomic E-state index is 5.41. The Hall–Kier alpha value is -0.900. The summed E-state index contributed by atoms with van der Waals surface area (Å²) in [5.74, 6) is 4.28. The molecule has 0 radical (unpaired) electrons. The number of rotatable bonds is 4. The maximum absolute atomic E-state index is 5.41. The van der Waals surface area contributed by atoms with E-state index in [1.54, 1.807) is 0 Å². The minimum atomic E-state index is 0.598. The van der Waals surface area contributed by atoms with Gasteiger partial charge in [0.15, 0.2) is 5.82 Å². The quantitative estimate of drug-likeness (QED) is 0.845. The maximum Gasteiger partial charge on any atom is 0.240 e. The third-order valence-corrected chi connectivity index (χ3v) is 5.41. The van der Waals surface area contributed by atoms with Gasteiger partial charge in [-0.15, -0.1) is 0 Å². The lowest BCUT2D eigenvalue weighted by Gasteiger charge is -2.27. The molecular weight excluding hydrogens is 250 g/mol. The van der Waals surface area contributed by atoms with Crippen LogP contribution in [-0.4, -0.2) is 28.1 Å². The van der Waals surface area contributed by atoms with Crippen LogP contribution < -0.4 is 0 Å². The van der Waals surface area contributed by atoms with E-state index in [1.165, 1.54) is 64.5 Å². The highest BCUT2D eigenvalue weighted by Gasteiger charge is 2.32. The van der Waals surface area contributed by atoms with E-state index in [9.17, 15) is 0 Å². The predicted molar refractivity (Wildman–Crippen MR) is 76.2 cm³/mol. The van der Waals surface area contributed by atoms with Gasteiger partial charge < -0.3 is 4.52 Å². The van der Waals surface area contributed by atoms with Crippen LogP contribution in [0.4, 0.5) is 0 Å². The molecule has 2 aliphatic carbocycles. The molecule has 1 aromatic rings. The van der Waals surface area contributed by atoms with Gasteiger partial charge in [0.05, 0.1) is 6.54 Å².